The van der Waals surface area contributed by atoms with Crippen molar-refractivity contribution < 1.29 is 4.79 Å². The Hall–Kier alpha value is 0.150. The Morgan fingerprint density at radius 1 is 1.33 bits per heavy atom. The summed E-state index contributed by atoms with van der Waals surface area (Å²) in [4.78, 5) is 11.4. The zero-order chi connectivity index (χ0) is 11.3. The van der Waals surface area contributed by atoms with Gasteiger partial charge in [0.15, 0.2) is 0 Å². The highest BCUT2D eigenvalue weighted by Crippen LogP contribution is 2.41. The third-order valence-corrected chi connectivity index (χ3v) is 4.37. The fourth-order valence-electron chi connectivity index (χ4n) is 2.47. The largest absolute Gasteiger partial charge is 0.300 e. The van der Waals surface area contributed by atoms with Crippen LogP contribution in [-0.4, -0.2) is 11.1 Å². The molecule has 1 atom stereocenters. The predicted octanol–water partition coefficient (Wildman–Crippen LogP) is 4.34. The summed E-state index contributed by atoms with van der Waals surface area (Å²) in [7, 11) is 0. The van der Waals surface area contributed by atoms with Crippen LogP contribution in [0.25, 0.3) is 0 Å². The van der Waals surface area contributed by atoms with Crippen molar-refractivity contribution in [2.45, 2.75) is 58.8 Å². The Kier molecular flexibility index (Phi) is 5.31. The topological polar surface area (TPSA) is 17.1 Å². The van der Waals surface area contributed by atoms with Crippen molar-refractivity contribution in [3.05, 3.63) is 0 Å². The minimum Gasteiger partial charge on any atom is -0.300 e. The van der Waals surface area contributed by atoms with E-state index in [0.29, 0.717) is 17.1 Å². The average Bonchev–Trinajstić information content (AvgIpc) is 2.18. The van der Waals surface area contributed by atoms with Gasteiger partial charge in [0, 0.05) is 18.2 Å². The second-order valence-electron chi connectivity index (χ2n) is 5.47. The molecule has 2 heteroatoms. The van der Waals surface area contributed by atoms with Crippen molar-refractivity contribution in [2.24, 2.45) is 11.3 Å². The molecule has 0 aromatic heterocycles. The second-order valence-corrected chi connectivity index (χ2v) is 6.26. The first-order valence-electron chi connectivity index (χ1n) is 6.14. The molecule has 1 aliphatic carbocycles. The van der Waals surface area contributed by atoms with Crippen LogP contribution in [0.3, 0.4) is 0 Å². The van der Waals surface area contributed by atoms with Crippen LogP contribution >= 0.6 is 15.9 Å². The van der Waals surface area contributed by atoms with E-state index in [1.807, 2.05) is 0 Å². The molecule has 0 aromatic rings. The number of halogens is 1. The number of hydrogen-bond donors (Lipinski definition) is 0. The lowest BCUT2D eigenvalue weighted by molar-refractivity contribution is -0.124. The maximum absolute atomic E-state index is 11.4. The van der Waals surface area contributed by atoms with Gasteiger partial charge in [0.25, 0.3) is 0 Å². The second kappa shape index (κ2) is 6.03. The van der Waals surface area contributed by atoms with Crippen molar-refractivity contribution in [2.75, 3.05) is 5.33 Å². The monoisotopic (exact) mass is 274 g/mol. The molecular weight excluding hydrogens is 252 g/mol. The Morgan fingerprint density at radius 2 is 2.07 bits per heavy atom. The molecule has 0 radical (unpaired) electrons. The maximum atomic E-state index is 11.4. The van der Waals surface area contributed by atoms with Crippen LogP contribution in [0.15, 0.2) is 0 Å². The highest BCUT2D eigenvalue weighted by molar-refractivity contribution is 9.09. The number of ketones is 1. The number of Topliss-reactive ketones (excluding diaryl/α,β-unsaturated/α-hetero) is 1. The first-order chi connectivity index (χ1) is 7.06. The molecule has 0 spiro atoms. The molecule has 1 rings (SSSR count). The van der Waals surface area contributed by atoms with Crippen LogP contribution < -0.4 is 0 Å². The van der Waals surface area contributed by atoms with Gasteiger partial charge in [0.2, 0.25) is 0 Å². The third-order valence-electron chi connectivity index (χ3n) is 3.81. The van der Waals surface area contributed by atoms with E-state index in [9.17, 15) is 4.79 Å². The summed E-state index contributed by atoms with van der Waals surface area (Å²) in [6, 6.07) is 0. The molecule has 1 aliphatic rings. The van der Waals surface area contributed by atoms with Gasteiger partial charge in [-0.05, 0) is 30.6 Å². The molecule has 1 fully saturated rings. The van der Waals surface area contributed by atoms with Crippen LogP contribution in [0.4, 0.5) is 0 Å². The fraction of sp³-hybridized carbons (Fsp3) is 0.923. The molecule has 1 nitrogen and oxygen atoms in total. The van der Waals surface area contributed by atoms with E-state index in [4.69, 9.17) is 0 Å². The summed E-state index contributed by atoms with van der Waals surface area (Å²) in [6.07, 6.45) is 7.83. The highest BCUT2D eigenvalue weighted by Gasteiger charge is 2.34. The molecule has 1 saturated carbocycles. The Bertz CT molecular complexity index is 211. The van der Waals surface area contributed by atoms with Gasteiger partial charge >= 0.3 is 0 Å². The van der Waals surface area contributed by atoms with E-state index in [0.717, 1.165) is 24.6 Å². The number of alkyl halides is 1. The molecule has 0 aromatic carbocycles. The average molecular weight is 275 g/mol. The van der Waals surface area contributed by atoms with E-state index in [1.54, 1.807) is 0 Å². The smallest absolute Gasteiger partial charge is 0.133 e. The molecule has 0 amide bonds. The van der Waals surface area contributed by atoms with Crippen LogP contribution in [0, 0.1) is 11.3 Å². The molecule has 0 bridgehead atoms. The summed E-state index contributed by atoms with van der Waals surface area (Å²) in [5, 5.41) is 1.11. The molecular formula is C13H23BrO. The zero-order valence-corrected chi connectivity index (χ0v) is 11.6. The van der Waals surface area contributed by atoms with E-state index >= 15 is 0 Å². The van der Waals surface area contributed by atoms with Crippen LogP contribution in [-0.2, 0) is 4.79 Å². The first kappa shape index (κ1) is 13.2. The maximum Gasteiger partial charge on any atom is 0.133 e. The first-order valence-corrected chi connectivity index (χ1v) is 7.26. The molecule has 0 saturated heterocycles. The Labute approximate surface area is 102 Å². The van der Waals surface area contributed by atoms with Gasteiger partial charge in [-0.15, -0.1) is 0 Å². The van der Waals surface area contributed by atoms with Crippen molar-refractivity contribution in [1.82, 2.24) is 0 Å². The minimum atomic E-state index is 0.391. The molecule has 0 aliphatic heterocycles. The molecule has 88 valence electrons. The van der Waals surface area contributed by atoms with E-state index in [-0.39, 0.29) is 0 Å². The lowest BCUT2D eigenvalue weighted by atomic mass is 9.67. The van der Waals surface area contributed by atoms with E-state index < -0.39 is 0 Å². The third kappa shape index (κ3) is 4.26. The fourth-order valence-corrected chi connectivity index (χ4v) is 2.87. The highest BCUT2D eigenvalue weighted by atomic mass is 79.9. The Morgan fingerprint density at radius 3 is 2.73 bits per heavy atom. The van der Waals surface area contributed by atoms with Crippen LogP contribution in [0.5, 0.6) is 0 Å². The van der Waals surface area contributed by atoms with Crippen molar-refractivity contribution >= 4 is 21.7 Å². The predicted molar refractivity (Wildman–Crippen MR) is 68.4 cm³/mol. The zero-order valence-electron chi connectivity index (χ0n) is 10.0. The Balaban J connectivity index is 2.33. The summed E-state index contributed by atoms with van der Waals surface area (Å²) < 4.78 is 0. The van der Waals surface area contributed by atoms with Gasteiger partial charge in [-0.2, -0.15) is 0 Å². The van der Waals surface area contributed by atoms with Gasteiger partial charge in [0.05, 0.1) is 0 Å². The summed E-state index contributed by atoms with van der Waals surface area (Å²) in [6.45, 7) is 4.66. The van der Waals surface area contributed by atoms with Crippen molar-refractivity contribution in [3.8, 4) is 0 Å². The van der Waals surface area contributed by atoms with Gasteiger partial charge in [-0.25, -0.2) is 0 Å². The van der Waals surface area contributed by atoms with Gasteiger partial charge in [-0.3, -0.25) is 4.79 Å². The summed E-state index contributed by atoms with van der Waals surface area (Å²) >= 11 is 3.45. The van der Waals surface area contributed by atoms with Gasteiger partial charge in [-0.1, -0.05) is 42.6 Å². The van der Waals surface area contributed by atoms with Crippen LogP contribution in [0.1, 0.15) is 58.8 Å². The van der Waals surface area contributed by atoms with Gasteiger partial charge in [0.1, 0.15) is 5.78 Å². The van der Waals surface area contributed by atoms with Crippen molar-refractivity contribution in [1.29, 1.82) is 0 Å². The van der Waals surface area contributed by atoms with E-state index in [1.165, 1.54) is 25.7 Å². The number of unbranched alkanes of at least 4 members (excludes halogenated alkanes) is 2. The molecule has 0 unspecified atom stereocenters. The summed E-state index contributed by atoms with van der Waals surface area (Å²) in [5.41, 5.74) is 0.391. The summed E-state index contributed by atoms with van der Waals surface area (Å²) in [5.74, 6) is 1.12. The lowest BCUT2D eigenvalue weighted by Gasteiger charge is -2.38. The quantitative estimate of drug-likeness (QED) is 0.539. The molecule has 0 N–H and O–H groups in total. The normalized spacial score (nSPS) is 25.5. The SMILES string of the molecule is CC1(C)CCC(=O)C[C@H]1CCCCCBr. The number of hydrogen-bond acceptors (Lipinski definition) is 1. The lowest BCUT2D eigenvalue weighted by Crippen LogP contribution is -2.32. The number of carbonyl (C=O) groups is 1. The van der Waals surface area contributed by atoms with Crippen molar-refractivity contribution in [3.63, 3.8) is 0 Å². The number of rotatable bonds is 5. The minimum absolute atomic E-state index is 0.391. The molecule has 0 heterocycles. The standard InChI is InChI=1S/C13H23BrO/c1-13(2)8-7-12(15)10-11(13)6-4-3-5-9-14/h11H,3-10H2,1-2H3/t11-/m1/s1. The van der Waals surface area contributed by atoms with Crippen LogP contribution in [0.2, 0.25) is 0 Å². The molecule has 15 heavy (non-hydrogen) atoms. The van der Waals surface area contributed by atoms with Gasteiger partial charge < -0.3 is 0 Å². The number of carbonyl (C=O) groups excluding carboxylic acids is 1. The van der Waals surface area contributed by atoms with E-state index in [2.05, 4.69) is 29.8 Å².